The largest absolute Gasteiger partial charge is 0.497 e. The fourth-order valence-corrected chi connectivity index (χ4v) is 4.66. The number of piperazine rings is 1. The Bertz CT molecular complexity index is 845. The van der Waals surface area contributed by atoms with Crippen molar-refractivity contribution in [1.29, 1.82) is 0 Å². The van der Waals surface area contributed by atoms with Crippen LogP contribution in [-0.4, -0.2) is 46.0 Å². The van der Waals surface area contributed by atoms with Gasteiger partial charge in [0.25, 0.3) is 0 Å². The van der Waals surface area contributed by atoms with Gasteiger partial charge in [-0.15, -0.1) is 0 Å². The first-order valence-electron chi connectivity index (χ1n) is 8.07. The average molecular weight is 425 g/mol. The van der Waals surface area contributed by atoms with Crippen molar-refractivity contribution < 1.29 is 13.2 Å². The molecular weight excluding hydrogens is 404 g/mol. The molecule has 1 aliphatic rings. The molecule has 0 atom stereocenters. The maximum Gasteiger partial charge on any atom is 0.243 e. The van der Waals surface area contributed by atoms with Crippen LogP contribution in [0.5, 0.6) is 5.75 Å². The van der Waals surface area contributed by atoms with E-state index in [0.29, 0.717) is 31.1 Å². The number of halogens is 1. The van der Waals surface area contributed by atoms with E-state index in [4.69, 9.17) is 4.74 Å². The van der Waals surface area contributed by atoms with E-state index in [2.05, 4.69) is 20.8 Å². The van der Waals surface area contributed by atoms with Gasteiger partial charge in [0.1, 0.15) is 5.75 Å². The number of hydrogen-bond acceptors (Lipinski definition) is 4. The minimum Gasteiger partial charge on any atom is -0.497 e. The lowest BCUT2D eigenvalue weighted by Gasteiger charge is -2.35. The fraction of sp³-hybridized carbons (Fsp3) is 0.333. The monoisotopic (exact) mass is 424 g/mol. The molecule has 134 valence electrons. The maximum atomic E-state index is 12.9. The number of rotatable bonds is 4. The van der Waals surface area contributed by atoms with Crippen LogP contribution in [0.3, 0.4) is 0 Å². The van der Waals surface area contributed by atoms with Crippen LogP contribution in [0.25, 0.3) is 0 Å². The van der Waals surface area contributed by atoms with Crippen molar-refractivity contribution in [3.05, 3.63) is 52.5 Å². The Hall–Kier alpha value is -1.57. The maximum absolute atomic E-state index is 12.9. The van der Waals surface area contributed by atoms with E-state index >= 15 is 0 Å². The van der Waals surface area contributed by atoms with Crippen molar-refractivity contribution in [3.63, 3.8) is 0 Å². The van der Waals surface area contributed by atoms with Crippen molar-refractivity contribution >= 4 is 31.6 Å². The van der Waals surface area contributed by atoms with Gasteiger partial charge in [-0.1, -0.05) is 15.9 Å². The van der Waals surface area contributed by atoms with E-state index in [-0.39, 0.29) is 0 Å². The minimum atomic E-state index is -3.45. The van der Waals surface area contributed by atoms with E-state index in [0.717, 1.165) is 21.5 Å². The van der Waals surface area contributed by atoms with Gasteiger partial charge in [0.05, 0.1) is 12.0 Å². The topological polar surface area (TPSA) is 49.9 Å². The summed E-state index contributed by atoms with van der Waals surface area (Å²) in [5.74, 6) is 0.815. The highest BCUT2D eigenvalue weighted by atomic mass is 79.9. The van der Waals surface area contributed by atoms with Crippen molar-refractivity contribution in [3.8, 4) is 5.75 Å². The standard InChI is InChI=1S/C18H21BrN2O3S/c1-14-13-17(7-8-18(14)19)25(22,23)21-11-9-20(10-12-21)15-3-5-16(24-2)6-4-15/h3-8,13H,9-12H2,1-2H3. The summed E-state index contributed by atoms with van der Waals surface area (Å²) >= 11 is 3.41. The third-order valence-corrected chi connectivity index (χ3v) is 7.23. The summed E-state index contributed by atoms with van der Waals surface area (Å²) in [6.45, 7) is 4.18. The Labute approximate surface area is 157 Å². The van der Waals surface area contributed by atoms with E-state index < -0.39 is 10.0 Å². The van der Waals surface area contributed by atoms with Crippen molar-refractivity contribution in [2.45, 2.75) is 11.8 Å². The first-order valence-corrected chi connectivity index (χ1v) is 10.3. The van der Waals surface area contributed by atoms with E-state index in [1.54, 1.807) is 29.6 Å². The number of ether oxygens (including phenoxy) is 1. The molecule has 0 saturated carbocycles. The predicted octanol–water partition coefficient (Wildman–Crippen LogP) is 3.28. The van der Waals surface area contributed by atoms with Gasteiger partial charge in [-0.05, 0) is 55.0 Å². The summed E-state index contributed by atoms with van der Waals surface area (Å²) in [4.78, 5) is 2.55. The van der Waals surface area contributed by atoms with Gasteiger partial charge < -0.3 is 9.64 Å². The SMILES string of the molecule is COc1ccc(N2CCN(S(=O)(=O)c3ccc(Br)c(C)c3)CC2)cc1. The number of nitrogens with zero attached hydrogens (tertiary/aromatic N) is 2. The first kappa shape index (κ1) is 18.2. The van der Waals surface area contributed by atoms with Gasteiger partial charge in [0.15, 0.2) is 0 Å². The third kappa shape index (κ3) is 3.83. The molecule has 1 aliphatic heterocycles. The minimum absolute atomic E-state index is 0.353. The van der Waals surface area contributed by atoms with Gasteiger partial charge in [-0.2, -0.15) is 4.31 Å². The number of hydrogen-bond donors (Lipinski definition) is 0. The molecule has 5 nitrogen and oxygen atoms in total. The number of benzene rings is 2. The third-order valence-electron chi connectivity index (χ3n) is 4.44. The molecule has 1 saturated heterocycles. The smallest absolute Gasteiger partial charge is 0.243 e. The lowest BCUT2D eigenvalue weighted by atomic mass is 10.2. The molecule has 0 aliphatic carbocycles. The van der Waals surface area contributed by atoms with Crippen molar-refractivity contribution in [2.24, 2.45) is 0 Å². The second kappa shape index (κ2) is 7.35. The lowest BCUT2D eigenvalue weighted by Crippen LogP contribution is -2.48. The van der Waals surface area contributed by atoms with Gasteiger partial charge in [-0.3, -0.25) is 0 Å². The second-order valence-electron chi connectivity index (χ2n) is 6.00. The Morgan fingerprint density at radius 1 is 1.00 bits per heavy atom. The summed E-state index contributed by atoms with van der Waals surface area (Å²) in [5, 5.41) is 0. The van der Waals surface area contributed by atoms with Gasteiger partial charge >= 0.3 is 0 Å². The van der Waals surface area contributed by atoms with E-state index in [1.165, 1.54) is 0 Å². The predicted molar refractivity (Wildman–Crippen MR) is 103 cm³/mol. The Kier molecular flexibility index (Phi) is 5.36. The van der Waals surface area contributed by atoms with Gasteiger partial charge in [0, 0.05) is 36.3 Å². The molecule has 0 N–H and O–H groups in total. The Morgan fingerprint density at radius 3 is 2.20 bits per heavy atom. The quantitative estimate of drug-likeness (QED) is 0.755. The number of methoxy groups -OCH3 is 1. The molecule has 0 amide bonds. The molecule has 1 heterocycles. The molecule has 1 fully saturated rings. The van der Waals surface area contributed by atoms with Crippen LogP contribution in [0, 0.1) is 6.92 Å². The normalized spacial score (nSPS) is 16.0. The van der Waals surface area contributed by atoms with E-state index in [1.807, 2.05) is 31.2 Å². The second-order valence-corrected chi connectivity index (χ2v) is 8.79. The summed E-state index contributed by atoms with van der Waals surface area (Å²) in [7, 11) is -1.81. The fourth-order valence-electron chi connectivity index (χ4n) is 2.91. The van der Waals surface area contributed by atoms with Crippen LogP contribution in [-0.2, 0) is 10.0 Å². The van der Waals surface area contributed by atoms with E-state index in [9.17, 15) is 8.42 Å². The molecule has 25 heavy (non-hydrogen) atoms. The number of sulfonamides is 1. The lowest BCUT2D eigenvalue weighted by molar-refractivity contribution is 0.384. The number of anilines is 1. The Morgan fingerprint density at radius 2 is 1.64 bits per heavy atom. The first-order chi connectivity index (χ1) is 11.9. The highest BCUT2D eigenvalue weighted by molar-refractivity contribution is 9.10. The van der Waals surface area contributed by atoms with Crippen molar-refractivity contribution in [1.82, 2.24) is 4.31 Å². The summed E-state index contributed by atoms with van der Waals surface area (Å²) in [5.41, 5.74) is 2.00. The molecule has 0 spiro atoms. The van der Waals surface area contributed by atoms with Crippen LogP contribution in [0.1, 0.15) is 5.56 Å². The molecule has 7 heteroatoms. The Balaban J connectivity index is 1.71. The molecular formula is C18H21BrN2O3S. The van der Waals surface area contributed by atoms with Crippen LogP contribution in [0.4, 0.5) is 5.69 Å². The highest BCUT2D eigenvalue weighted by Gasteiger charge is 2.28. The highest BCUT2D eigenvalue weighted by Crippen LogP contribution is 2.25. The molecule has 0 aromatic heterocycles. The molecule has 0 unspecified atom stereocenters. The van der Waals surface area contributed by atoms with Crippen LogP contribution in [0.2, 0.25) is 0 Å². The molecule has 2 aromatic rings. The molecule has 0 bridgehead atoms. The van der Waals surface area contributed by atoms with Crippen LogP contribution >= 0.6 is 15.9 Å². The zero-order valence-electron chi connectivity index (χ0n) is 14.3. The summed E-state index contributed by atoms with van der Waals surface area (Å²) in [6, 6.07) is 13.0. The molecule has 3 rings (SSSR count). The zero-order valence-corrected chi connectivity index (χ0v) is 16.7. The zero-order chi connectivity index (χ0) is 18.0. The molecule has 2 aromatic carbocycles. The van der Waals surface area contributed by atoms with Gasteiger partial charge in [0.2, 0.25) is 10.0 Å². The van der Waals surface area contributed by atoms with Crippen LogP contribution < -0.4 is 9.64 Å². The molecule has 0 radical (unpaired) electrons. The average Bonchev–Trinajstić information content (AvgIpc) is 2.64. The summed E-state index contributed by atoms with van der Waals surface area (Å²) in [6.07, 6.45) is 0. The van der Waals surface area contributed by atoms with Crippen molar-refractivity contribution in [2.75, 3.05) is 38.2 Å². The summed E-state index contributed by atoms with van der Waals surface area (Å²) < 4.78 is 33.4. The number of aryl methyl sites for hydroxylation is 1. The van der Waals surface area contributed by atoms with Gasteiger partial charge in [-0.25, -0.2) is 8.42 Å². The van der Waals surface area contributed by atoms with Crippen LogP contribution in [0.15, 0.2) is 51.8 Å².